The number of nitrogens with zero attached hydrogens (tertiary/aromatic N) is 1. The van der Waals surface area contributed by atoms with Crippen LogP contribution >= 0.6 is 22.9 Å². The maximum absolute atomic E-state index is 5.58. The van der Waals surface area contributed by atoms with E-state index >= 15 is 0 Å². The zero-order valence-corrected chi connectivity index (χ0v) is 9.18. The molecule has 0 amide bonds. The SMILES string of the molecule is ClCCC=Cc1ccc2scnc2c1. The van der Waals surface area contributed by atoms with Gasteiger partial charge >= 0.3 is 0 Å². The lowest BCUT2D eigenvalue weighted by atomic mass is 10.2. The van der Waals surface area contributed by atoms with E-state index in [1.807, 2.05) is 5.51 Å². The predicted octanol–water partition coefficient (Wildman–Crippen LogP) is 3.94. The molecular weight excluding hydrogens is 214 g/mol. The van der Waals surface area contributed by atoms with Crippen LogP contribution in [-0.2, 0) is 0 Å². The van der Waals surface area contributed by atoms with Gasteiger partial charge in [0.2, 0.25) is 0 Å². The summed E-state index contributed by atoms with van der Waals surface area (Å²) in [6.07, 6.45) is 5.08. The van der Waals surface area contributed by atoms with Gasteiger partial charge in [-0.25, -0.2) is 4.98 Å². The summed E-state index contributed by atoms with van der Waals surface area (Å²) in [7, 11) is 0. The van der Waals surface area contributed by atoms with Gasteiger partial charge in [-0.15, -0.1) is 22.9 Å². The molecule has 0 unspecified atom stereocenters. The molecule has 0 saturated carbocycles. The van der Waals surface area contributed by atoms with E-state index in [1.165, 1.54) is 10.3 Å². The minimum Gasteiger partial charge on any atom is -0.245 e. The first-order chi connectivity index (χ1) is 6.90. The number of alkyl halides is 1. The molecule has 72 valence electrons. The third-order valence-electron chi connectivity index (χ3n) is 1.94. The Morgan fingerprint density at radius 1 is 1.43 bits per heavy atom. The van der Waals surface area contributed by atoms with Crippen molar-refractivity contribution in [1.29, 1.82) is 0 Å². The second kappa shape index (κ2) is 4.58. The standard InChI is InChI=1S/C11H10ClNS/c12-6-2-1-3-9-4-5-11-10(7-9)13-8-14-11/h1,3-5,7-8H,2,6H2. The third kappa shape index (κ3) is 2.14. The van der Waals surface area contributed by atoms with Gasteiger partial charge < -0.3 is 0 Å². The first-order valence-corrected chi connectivity index (χ1v) is 5.87. The normalized spacial score (nSPS) is 11.5. The van der Waals surface area contributed by atoms with E-state index in [9.17, 15) is 0 Å². The van der Waals surface area contributed by atoms with E-state index in [2.05, 4.69) is 35.3 Å². The van der Waals surface area contributed by atoms with E-state index in [4.69, 9.17) is 11.6 Å². The van der Waals surface area contributed by atoms with Crippen molar-refractivity contribution in [2.24, 2.45) is 0 Å². The molecule has 0 aliphatic heterocycles. The molecule has 1 aromatic carbocycles. The summed E-state index contributed by atoms with van der Waals surface area (Å²) in [5, 5.41) is 0. The molecule has 1 aromatic heterocycles. The van der Waals surface area contributed by atoms with Crippen LogP contribution in [0.3, 0.4) is 0 Å². The van der Waals surface area contributed by atoms with Gasteiger partial charge in [0.05, 0.1) is 15.7 Å². The number of hydrogen-bond donors (Lipinski definition) is 0. The van der Waals surface area contributed by atoms with E-state index in [1.54, 1.807) is 11.3 Å². The van der Waals surface area contributed by atoms with Crippen LogP contribution in [0, 0.1) is 0 Å². The number of thiazole rings is 1. The van der Waals surface area contributed by atoms with Crippen molar-refractivity contribution < 1.29 is 0 Å². The number of allylic oxidation sites excluding steroid dienone is 1. The maximum atomic E-state index is 5.58. The van der Waals surface area contributed by atoms with Gasteiger partial charge in [0.25, 0.3) is 0 Å². The largest absolute Gasteiger partial charge is 0.245 e. The van der Waals surface area contributed by atoms with Crippen LogP contribution in [0.5, 0.6) is 0 Å². The molecule has 0 atom stereocenters. The Bertz CT molecular complexity index is 447. The highest BCUT2D eigenvalue weighted by atomic mass is 35.5. The first kappa shape index (κ1) is 9.69. The van der Waals surface area contributed by atoms with Crippen LogP contribution in [0.1, 0.15) is 12.0 Å². The van der Waals surface area contributed by atoms with Gasteiger partial charge in [0.15, 0.2) is 0 Å². The van der Waals surface area contributed by atoms with Gasteiger partial charge in [-0.3, -0.25) is 0 Å². The lowest BCUT2D eigenvalue weighted by Gasteiger charge is -1.92. The highest BCUT2D eigenvalue weighted by Gasteiger charge is 1.95. The topological polar surface area (TPSA) is 12.9 Å². The molecule has 1 heterocycles. The van der Waals surface area contributed by atoms with Gasteiger partial charge in [0, 0.05) is 5.88 Å². The maximum Gasteiger partial charge on any atom is 0.0817 e. The summed E-state index contributed by atoms with van der Waals surface area (Å²) in [5.74, 6) is 0.676. The van der Waals surface area contributed by atoms with Crippen LogP contribution in [0.4, 0.5) is 0 Å². The molecule has 0 fully saturated rings. The van der Waals surface area contributed by atoms with Crippen molar-refractivity contribution in [3.05, 3.63) is 35.3 Å². The fourth-order valence-corrected chi connectivity index (χ4v) is 2.05. The molecule has 0 spiro atoms. The Morgan fingerprint density at radius 2 is 2.36 bits per heavy atom. The summed E-state index contributed by atoms with van der Waals surface area (Å²) in [4.78, 5) is 4.27. The van der Waals surface area contributed by atoms with Gasteiger partial charge in [-0.2, -0.15) is 0 Å². The average Bonchev–Trinajstić information content (AvgIpc) is 2.65. The summed E-state index contributed by atoms with van der Waals surface area (Å²) in [6, 6.07) is 6.30. The molecule has 0 bridgehead atoms. The van der Waals surface area contributed by atoms with Crippen molar-refractivity contribution in [2.45, 2.75) is 6.42 Å². The Hall–Kier alpha value is -0.860. The van der Waals surface area contributed by atoms with Gasteiger partial charge in [-0.05, 0) is 24.1 Å². The number of aromatic nitrogens is 1. The Balaban J connectivity index is 2.25. The monoisotopic (exact) mass is 223 g/mol. The quantitative estimate of drug-likeness (QED) is 0.719. The molecule has 1 nitrogen and oxygen atoms in total. The Kier molecular flexibility index (Phi) is 3.17. The smallest absolute Gasteiger partial charge is 0.0817 e. The third-order valence-corrected chi connectivity index (χ3v) is 2.97. The lowest BCUT2D eigenvalue weighted by Crippen LogP contribution is -1.73. The Labute approximate surface area is 92.0 Å². The molecule has 0 aliphatic carbocycles. The van der Waals surface area contributed by atoms with E-state index in [0.717, 1.165) is 11.9 Å². The fourth-order valence-electron chi connectivity index (χ4n) is 1.26. The Morgan fingerprint density at radius 3 is 3.21 bits per heavy atom. The minimum atomic E-state index is 0.676. The molecule has 3 heteroatoms. The first-order valence-electron chi connectivity index (χ1n) is 4.46. The summed E-state index contributed by atoms with van der Waals surface area (Å²) < 4.78 is 1.24. The van der Waals surface area contributed by atoms with Crippen molar-refractivity contribution in [3.8, 4) is 0 Å². The van der Waals surface area contributed by atoms with Crippen molar-refractivity contribution in [3.63, 3.8) is 0 Å². The summed E-state index contributed by atoms with van der Waals surface area (Å²) in [6.45, 7) is 0. The summed E-state index contributed by atoms with van der Waals surface area (Å²) in [5.41, 5.74) is 4.13. The molecule has 14 heavy (non-hydrogen) atoms. The van der Waals surface area contributed by atoms with E-state index in [0.29, 0.717) is 5.88 Å². The number of benzene rings is 1. The second-order valence-electron chi connectivity index (χ2n) is 2.96. The number of fused-ring (bicyclic) bond motifs is 1. The molecule has 0 aliphatic rings. The summed E-state index contributed by atoms with van der Waals surface area (Å²) >= 11 is 7.25. The molecule has 2 aromatic rings. The van der Waals surface area contributed by atoms with Crippen LogP contribution in [0.25, 0.3) is 16.3 Å². The molecule has 2 rings (SSSR count). The van der Waals surface area contributed by atoms with Gasteiger partial charge in [-0.1, -0.05) is 18.2 Å². The number of halogens is 1. The second-order valence-corrected chi connectivity index (χ2v) is 4.22. The van der Waals surface area contributed by atoms with Crippen LogP contribution in [-0.4, -0.2) is 10.9 Å². The molecule has 0 N–H and O–H groups in total. The zero-order valence-electron chi connectivity index (χ0n) is 7.61. The zero-order chi connectivity index (χ0) is 9.80. The average molecular weight is 224 g/mol. The fraction of sp³-hybridized carbons (Fsp3) is 0.182. The number of rotatable bonds is 3. The van der Waals surface area contributed by atoms with Crippen molar-refractivity contribution in [2.75, 3.05) is 5.88 Å². The van der Waals surface area contributed by atoms with Crippen LogP contribution < -0.4 is 0 Å². The predicted molar refractivity (Wildman–Crippen MR) is 64.0 cm³/mol. The van der Waals surface area contributed by atoms with Crippen molar-refractivity contribution in [1.82, 2.24) is 4.98 Å². The molecular formula is C11H10ClNS. The lowest BCUT2D eigenvalue weighted by molar-refractivity contribution is 1.24. The highest BCUT2D eigenvalue weighted by Crippen LogP contribution is 2.19. The number of hydrogen-bond acceptors (Lipinski definition) is 2. The molecule has 0 radical (unpaired) electrons. The van der Waals surface area contributed by atoms with E-state index < -0.39 is 0 Å². The highest BCUT2D eigenvalue weighted by molar-refractivity contribution is 7.16. The minimum absolute atomic E-state index is 0.676. The van der Waals surface area contributed by atoms with Crippen LogP contribution in [0.15, 0.2) is 29.8 Å². The van der Waals surface area contributed by atoms with Crippen molar-refractivity contribution >= 4 is 39.2 Å². The van der Waals surface area contributed by atoms with Gasteiger partial charge in [0.1, 0.15) is 0 Å². The van der Waals surface area contributed by atoms with Crippen LogP contribution in [0.2, 0.25) is 0 Å². The van der Waals surface area contributed by atoms with E-state index in [-0.39, 0.29) is 0 Å². The molecule has 0 saturated heterocycles.